The van der Waals surface area contributed by atoms with Crippen molar-refractivity contribution in [2.24, 2.45) is 5.73 Å². The van der Waals surface area contributed by atoms with Gasteiger partial charge in [0.2, 0.25) is 0 Å². The van der Waals surface area contributed by atoms with Crippen molar-refractivity contribution in [3.8, 4) is 5.75 Å². The molecule has 8 nitrogen and oxygen atoms in total. The summed E-state index contributed by atoms with van der Waals surface area (Å²) in [5.74, 6) is -0.979. The summed E-state index contributed by atoms with van der Waals surface area (Å²) >= 11 is 0. The van der Waals surface area contributed by atoms with E-state index in [2.05, 4.69) is 15.2 Å². The van der Waals surface area contributed by atoms with Crippen LogP contribution in [0.25, 0.3) is 5.65 Å². The van der Waals surface area contributed by atoms with Gasteiger partial charge in [0.1, 0.15) is 5.75 Å². The molecular weight excluding hydrogens is 367 g/mol. The second kappa shape index (κ2) is 7.11. The van der Waals surface area contributed by atoms with Gasteiger partial charge < -0.3 is 15.8 Å². The molecule has 2 heterocycles. The zero-order chi connectivity index (χ0) is 19.6. The maximum Gasteiger partial charge on any atom is 0.573 e. The second-order valence-electron chi connectivity index (χ2n) is 5.45. The number of hydrogen-bond donors (Lipinski definition) is 2. The van der Waals surface area contributed by atoms with Crippen molar-refractivity contribution in [3.63, 3.8) is 0 Å². The Balaban J connectivity index is 1.78. The SMILES string of the molecule is NCn1nc2ccc(C(=O)NCc3ccccc3OC(F)(F)F)cn2c1=O. The molecule has 1 aromatic carbocycles. The number of alkyl halides is 3. The molecule has 11 heteroatoms. The number of carbonyl (C=O) groups excluding carboxylic acids is 1. The van der Waals surface area contributed by atoms with Crippen LogP contribution in [0.15, 0.2) is 47.4 Å². The Morgan fingerprint density at radius 2 is 1.96 bits per heavy atom. The lowest BCUT2D eigenvalue weighted by Gasteiger charge is -2.13. The summed E-state index contributed by atoms with van der Waals surface area (Å²) in [5.41, 5.74) is 5.49. The van der Waals surface area contributed by atoms with Crippen LogP contribution in [-0.4, -0.2) is 26.5 Å². The van der Waals surface area contributed by atoms with E-state index < -0.39 is 23.7 Å². The third-order valence-corrected chi connectivity index (χ3v) is 3.65. The van der Waals surface area contributed by atoms with E-state index in [1.165, 1.54) is 36.5 Å². The predicted octanol–water partition coefficient (Wildman–Crippen LogP) is 1.24. The van der Waals surface area contributed by atoms with Gasteiger partial charge in [-0.2, -0.15) is 4.68 Å². The topological polar surface area (TPSA) is 104 Å². The van der Waals surface area contributed by atoms with Crippen molar-refractivity contribution in [3.05, 3.63) is 64.2 Å². The summed E-state index contributed by atoms with van der Waals surface area (Å²) in [7, 11) is 0. The normalized spacial score (nSPS) is 11.6. The molecule has 3 aromatic rings. The summed E-state index contributed by atoms with van der Waals surface area (Å²) in [6.07, 6.45) is -3.56. The van der Waals surface area contributed by atoms with Crippen LogP contribution < -0.4 is 21.5 Å². The molecule has 3 N–H and O–H groups in total. The summed E-state index contributed by atoms with van der Waals surface area (Å²) in [6.45, 7) is -0.307. The molecule has 0 aliphatic heterocycles. The third kappa shape index (κ3) is 4.08. The molecule has 142 valence electrons. The number of fused-ring (bicyclic) bond motifs is 1. The maximum atomic E-state index is 12.4. The smallest absolute Gasteiger partial charge is 0.405 e. The van der Waals surface area contributed by atoms with Gasteiger partial charge in [0.15, 0.2) is 5.65 Å². The van der Waals surface area contributed by atoms with Gasteiger partial charge >= 0.3 is 12.1 Å². The van der Waals surface area contributed by atoms with Gasteiger partial charge in [0, 0.05) is 18.3 Å². The number of nitrogens with zero attached hydrogens (tertiary/aromatic N) is 3. The Kier molecular flexibility index (Phi) is 4.86. The van der Waals surface area contributed by atoms with Crippen LogP contribution >= 0.6 is 0 Å². The first kappa shape index (κ1) is 18.5. The minimum atomic E-state index is -4.84. The van der Waals surface area contributed by atoms with E-state index in [0.717, 1.165) is 15.1 Å². The largest absolute Gasteiger partial charge is 0.573 e. The second-order valence-corrected chi connectivity index (χ2v) is 5.45. The summed E-state index contributed by atoms with van der Waals surface area (Å²) < 4.78 is 43.5. The van der Waals surface area contributed by atoms with Crippen molar-refractivity contribution < 1.29 is 22.7 Å². The van der Waals surface area contributed by atoms with Crippen molar-refractivity contribution in [1.82, 2.24) is 19.5 Å². The minimum Gasteiger partial charge on any atom is -0.405 e. The van der Waals surface area contributed by atoms with E-state index in [-0.39, 0.29) is 24.3 Å². The van der Waals surface area contributed by atoms with E-state index in [9.17, 15) is 22.8 Å². The van der Waals surface area contributed by atoms with Gasteiger partial charge in [-0.25, -0.2) is 9.20 Å². The highest BCUT2D eigenvalue weighted by atomic mass is 19.4. The maximum absolute atomic E-state index is 12.4. The van der Waals surface area contributed by atoms with Crippen molar-refractivity contribution in [1.29, 1.82) is 0 Å². The van der Waals surface area contributed by atoms with Crippen molar-refractivity contribution in [2.45, 2.75) is 19.6 Å². The lowest BCUT2D eigenvalue weighted by Crippen LogP contribution is -2.26. The third-order valence-electron chi connectivity index (χ3n) is 3.65. The number of carbonyl (C=O) groups is 1. The number of hydrogen-bond acceptors (Lipinski definition) is 5. The fraction of sp³-hybridized carbons (Fsp3) is 0.188. The molecule has 0 spiro atoms. The number of pyridine rings is 1. The first-order chi connectivity index (χ1) is 12.8. The quantitative estimate of drug-likeness (QED) is 0.692. The summed E-state index contributed by atoms with van der Waals surface area (Å²) in [6, 6.07) is 8.38. The van der Waals surface area contributed by atoms with E-state index >= 15 is 0 Å². The van der Waals surface area contributed by atoms with Crippen LogP contribution in [0.3, 0.4) is 0 Å². The Bertz CT molecular complexity index is 1040. The first-order valence-corrected chi connectivity index (χ1v) is 7.69. The molecule has 2 aromatic heterocycles. The van der Waals surface area contributed by atoms with Crippen molar-refractivity contribution >= 4 is 11.6 Å². The number of rotatable bonds is 5. The number of ether oxygens (including phenoxy) is 1. The molecule has 0 unspecified atom stereocenters. The van der Waals surface area contributed by atoms with Crippen LogP contribution in [0.4, 0.5) is 13.2 Å². The van der Waals surface area contributed by atoms with Crippen LogP contribution in [0.5, 0.6) is 5.75 Å². The number of nitrogens with two attached hydrogens (primary N) is 1. The number of amides is 1. The molecule has 1 amide bonds. The molecule has 27 heavy (non-hydrogen) atoms. The zero-order valence-electron chi connectivity index (χ0n) is 13.7. The molecule has 0 atom stereocenters. The van der Waals surface area contributed by atoms with Crippen LogP contribution in [0.2, 0.25) is 0 Å². The minimum absolute atomic E-state index is 0.113. The Morgan fingerprint density at radius 1 is 1.22 bits per heavy atom. The zero-order valence-corrected chi connectivity index (χ0v) is 13.7. The first-order valence-electron chi connectivity index (χ1n) is 7.69. The summed E-state index contributed by atoms with van der Waals surface area (Å²) in [5, 5.41) is 6.45. The van der Waals surface area contributed by atoms with Gasteiger partial charge in [-0.1, -0.05) is 18.2 Å². The van der Waals surface area contributed by atoms with Gasteiger partial charge in [0.25, 0.3) is 5.91 Å². The fourth-order valence-corrected chi connectivity index (χ4v) is 2.42. The molecule has 3 rings (SSSR count). The molecule has 0 fully saturated rings. The monoisotopic (exact) mass is 381 g/mol. The number of benzene rings is 1. The van der Waals surface area contributed by atoms with E-state index in [1.807, 2.05) is 0 Å². The Labute approximate surface area is 150 Å². The molecule has 0 saturated heterocycles. The average molecular weight is 381 g/mol. The highest BCUT2D eigenvalue weighted by Crippen LogP contribution is 2.26. The molecule has 0 bridgehead atoms. The van der Waals surface area contributed by atoms with Gasteiger partial charge in [-0.05, 0) is 18.2 Å². The lowest BCUT2D eigenvalue weighted by molar-refractivity contribution is -0.274. The highest BCUT2D eigenvalue weighted by Gasteiger charge is 2.32. The van der Waals surface area contributed by atoms with Crippen LogP contribution in [0, 0.1) is 0 Å². The number of halogens is 3. The molecule has 0 aliphatic carbocycles. The van der Waals surface area contributed by atoms with Gasteiger partial charge in [0.05, 0.1) is 12.2 Å². The highest BCUT2D eigenvalue weighted by molar-refractivity contribution is 5.94. The standard InChI is InChI=1S/C16H14F3N5O3/c17-16(18,19)27-12-4-2-1-3-10(12)7-21-14(25)11-5-6-13-22-24(9-20)15(26)23(13)8-11/h1-6,8H,7,9,20H2,(H,21,25). The van der Waals surface area contributed by atoms with Crippen LogP contribution in [-0.2, 0) is 13.2 Å². The van der Waals surface area contributed by atoms with E-state index in [0.29, 0.717) is 5.65 Å². The average Bonchev–Trinajstić information content (AvgIpc) is 2.95. The summed E-state index contributed by atoms with van der Waals surface area (Å²) in [4.78, 5) is 24.3. The Morgan fingerprint density at radius 3 is 2.67 bits per heavy atom. The van der Waals surface area contributed by atoms with E-state index in [4.69, 9.17) is 5.73 Å². The predicted molar refractivity (Wildman–Crippen MR) is 87.9 cm³/mol. The number of aromatic nitrogens is 3. The molecule has 0 radical (unpaired) electrons. The lowest BCUT2D eigenvalue weighted by atomic mass is 10.2. The number of nitrogens with one attached hydrogen (secondary N) is 1. The molecular formula is C16H14F3N5O3. The Hall–Kier alpha value is -3.34. The number of para-hydroxylation sites is 1. The van der Waals surface area contributed by atoms with E-state index in [1.54, 1.807) is 0 Å². The molecule has 0 saturated carbocycles. The van der Waals surface area contributed by atoms with Crippen molar-refractivity contribution in [2.75, 3.05) is 0 Å². The fourth-order valence-electron chi connectivity index (χ4n) is 2.42. The van der Waals surface area contributed by atoms with Gasteiger partial charge in [-0.3, -0.25) is 4.79 Å². The van der Waals surface area contributed by atoms with Crippen LogP contribution in [0.1, 0.15) is 15.9 Å². The van der Waals surface area contributed by atoms with Gasteiger partial charge in [-0.15, -0.1) is 18.3 Å². The molecule has 0 aliphatic rings.